The van der Waals surface area contributed by atoms with Crippen LogP contribution in [0.4, 0.5) is 0 Å². The lowest BCUT2D eigenvalue weighted by atomic mass is 10.1. The molecule has 27 heavy (non-hydrogen) atoms. The van der Waals surface area contributed by atoms with Crippen LogP contribution in [0.1, 0.15) is 23.8 Å². The average molecular weight is 428 g/mol. The summed E-state index contributed by atoms with van der Waals surface area (Å²) in [5.41, 5.74) is 1.10. The quantitative estimate of drug-likeness (QED) is 0.705. The molecule has 1 aromatic carbocycles. The van der Waals surface area contributed by atoms with Gasteiger partial charge in [-0.3, -0.25) is 4.79 Å². The lowest BCUT2D eigenvalue weighted by Gasteiger charge is -2.31. The monoisotopic (exact) mass is 427 g/mol. The maximum Gasteiger partial charge on any atom is 0.263 e. The molecule has 2 unspecified atom stereocenters. The molecule has 1 amide bonds. The average Bonchev–Trinajstić information content (AvgIpc) is 3.19. The Kier molecular flexibility index (Phi) is 6.13. The van der Waals surface area contributed by atoms with Gasteiger partial charge in [-0.25, -0.2) is 8.42 Å². The maximum atomic E-state index is 13.2. The van der Waals surface area contributed by atoms with Crippen LogP contribution in [0.2, 0.25) is 5.02 Å². The van der Waals surface area contributed by atoms with Crippen molar-refractivity contribution in [1.82, 2.24) is 4.90 Å². The highest BCUT2D eigenvalue weighted by atomic mass is 35.5. The number of benzene rings is 1. The van der Waals surface area contributed by atoms with E-state index in [9.17, 15) is 13.2 Å². The first-order chi connectivity index (χ1) is 12.8. The van der Waals surface area contributed by atoms with E-state index >= 15 is 0 Å². The number of hydrogen-bond donors (Lipinski definition) is 0. The fourth-order valence-electron chi connectivity index (χ4n) is 3.14. The number of halogens is 1. The normalized spacial score (nSPS) is 19.6. The summed E-state index contributed by atoms with van der Waals surface area (Å²) >= 11 is 7.69. The Morgan fingerprint density at radius 2 is 2.11 bits per heavy atom. The van der Waals surface area contributed by atoms with E-state index in [2.05, 4.69) is 0 Å². The van der Waals surface area contributed by atoms with Gasteiger partial charge in [0.1, 0.15) is 5.75 Å². The van der Waals surface area contributed by atoms with Gasteiger partial charge in [0.05, 0.1) is 23.1 Å². The molecule has 0 saturated carbocycles. The standard InChI is InChI=1S/C19H22ClNO4S2/c1-13-7-9-26-18(13)11-21(15-8-10-27(23,24)12-15)19(22)14(2)25-17-6-4-3-5-16(17)20/h3-7,9,14-15H,8,10-12H2,1-2H3. The molecule has 0 N–H and O–H groups in total. The highest BCUT2D eigenvalue weighted by Gasteiger charge is 2.37. The first-order valence-electron chi connectivity index (χ1n) is 8.72. The van der Waals surface area contributed by atoms with Crippen molar-refractivity contribution in [3.63, 3.8) is 0 Å². The molecule has 1 aromatic heterocycles. The van der Waals surface area contributed by atoms with Crippen LogP contribution in [0, 0.1) is 6.92 Å². The molecule has 0 bridgehead atoms. The summed E-state index contributed by atoms with van der Waals surface area (Å²) in [4.78, 5) is 15.9. The molecule has 2 aromatic rings. The number of ether oxygens (including phenoxy) is 1. The second kappa shape index (κ2) is 8.20. The van der Waals surface area contributed by atoms with E-state index in [1.165, 1.54) is 0 Å². The van der Waals surface area contributed by atoms with Crippen LogP contribution in [-0.2, 0) is 21.2 Å². The van der Waals surface area contributed by atoms with Crippen LogP contribution in [0.5, 0.6) is 5.75 Å². The predicted molar refractivity (Wildman–Crippen MR) is 108 cm³/mol. The molecule has 3 rings (SSSR count). The van der Waals surface area contributed by atoms with Gasteiger partial charge in [-0.05, 0) is 49.4 Å². The number of carbonyl (C=O) groups excluding carboxylic acids is 1. The summed E-state index contributed by atoms with van der Waals surface area (Å²) in [6, 6.07) is 8.65. The van der Waals surface area contributed by atoms with Gasteiger partial charge in [-0.1, -0.05) is 23.7 Å². The molecule has 1 aliphatic heterocycles. The maximum absolute atomic E-state index is 13.2. The van der Waals surface area contributed by atoms with Crippen molar-refractivity contribution in [2.75, 3.05) is 11.5 Å². The van der Waals surface area contributed by atoms with E-state index in [-0.39, 0.29) is 23.5 Å². The Balaban J connectivity index is 1.81. The second-order valence-electron chi connectivity index (χ2n) is 6.74. The van der Waals surface area contributed by atoms with Gasteiger partial charge in [0, 0.05) is 10.9 Å². The molecule has 146 valence electrons. The van der Waals surface area contributed by atoms with Crippen LogP contribution in [-0.4, -0.2) is 42.9 Å². The third kappa shape index (κ3) is 4.83. The van der Waals surface area contributed by atoms with Gasteiger partial charge < -0.3 is 9.64 Å². The van der Waals surface area contributed by atoms with Crippen molar-refractivity contribution in [3.8, 4) is 5.75 Å². The highest BCUT2D eigenvalue weighted by molar-refractivity contribution is 7.91. The number of amides is 1. The van der Waals surface area contributed by atoms with Gasteiger partial charge >= 0.3 is 0 Å². The third-order valence-electron chi connectivity index (χ3n) is 4.70. The van der Waals surface area contributed by atoms with Crippen LogP contribution in [0.3, 0.4) is 0 Å². The van der Waals surface area contributed by atoms with E-state index in [1.807, 2.05) is 18.4 Å². The van der Waals surface area contributed by atoms with E-state index in [1.54, 1.807) is 47.4 Å². The van der Waals surface area contributed by atoms with E-state index in [0.29, 0.717) is 23.7 Å². The minimum absolute atomic E-state index is 0.00196. The SMILES string of the molecule is Cc1ccsc1CN(C(=O)C(C)Oc1ccccc1Cl)C1CCS(=O)(=O)C1. The Bertz CT molecular complexity index is 925. The highest BCUT2D eigenvalue weighted by Crippen LogP contribution is 2.27. The number of thiophene rings is 1. The molecule has 8 heteroatoms. The summed E-state index contributed by atoms with van der Waals surface area (Å²) < 4.78 is 29.7. The van der Waals surface area contributed by atoms with Gasteiger partial charge in [0.15, 0.2) is 15.9 Å². The van der Waals surface area contributed by atoms with E-state index in [0.717, 1.165) is 10.4 Å². The molecule has 2 heterocycles. The van der Waals surface area contributed by atoms with Gasteiger partial charge in [0.2, 0.25) is 0 Å². The van der Waals surface area contributed by atoms with Crippen molar-refractivity contribution < 1.29 is 17.9 Å². The Morgan fingerprint density at radius 3 is 2.70 bits per heavy atom. The number of sulfone groups is 1. The van der Waals surface area contributed by atoms with Crippen molar-refractivity contribution in [2.45, 2.75) is 39.0 Å². The lowest BCUT2D eigenvalue weighted by molar-refractivity contribution is -0.140. The molecule has 1 saturated heterocycles. The Hall–Kier alpha value is -1.57. The first kappa shape index (κ1) is 20.2. The van der Waals surface area contributed by atoms with Crippen LogP contribution < -0.4 is 4.74 Å². The molecule has 0 radical (unpaired) electrons. The molecule has 1 fully saturated rings. The number of nitrogens with zero attached hydrogens (tertiary/aromatic N) is 1. The summed E-state index contributed by atoms with van der Waals surface area (Å²) in [7, 11) is -3.11. The van der Waals surface area contributed by atoms with Gasteiger partial charge in [-0.15, -0.1) is 11.3 Å². The topological polar surface area (TPSA) is 63.7 Å². The number of aryl methyl sites for hydroxylation is 1. The summed E-state index contributed by atoms with van der Waals surface area (Å²) in [5, 5.41) is 2.41. The number of hydrogen-bond acceptors (Lipinski definition) is 5. The van der Waals surface area contributed by atoms with Gasteiger partial charge in [-0.2, -0.15) is 0 Å². The summed E-state index contributed by atoms with van der Waals surface area (Å²) in [6.07, 6.45) is -0.314. The van der Waals surface area contributed by atoms with Gasteiger partial charge in [0.25, 0.3) is 5.91 Å². The lowest BCUT2D eigenvalue weighted by Crippen LogP contribution is -2.46. The number of rotatable bonds is 6. The number of para-hydroxylation sites is 1. The van der Waals surface area contributed by atoms with E-state index in [4.69, 9.17) is 16.3 Å². The van der Waals surface area contributed by atoms with Crippen LogP contribution >= 0.6 is 22.9 Å². The third-order valence-corrected chi connectivity index (χ3v) is 7.77. The molecular weight excluding hydrogens is 406 g/mol. The molecule has 0 spiro atoms. The fourth-order valence-corrected chi connectivity index (χ4v) is 5.96. The van der Waals surface area contributed by atoms with Crippen molar-refractivity contribution >= 4 is 38.7 Å². The van der Waals surface area contributed by atoms with Crippen molar-refractivity contribution in [1.29, 1.82) is 0 Å². The van der Waals surface area contributed by atoms with Crippen LogP contribution in [0.15, 0.2) is 35.7 Å². The zero-order valence-corrected chi connectivity index (χ0v) is 17.6. The fraction of sp³-hybridized carbons (Fsp3) is 0.421. The minimum atomic E-state index is -3.11. The van der Waals surface area contributed by atoms with Crippen molar-refractivity contribution in [3.05, 3.63) is 51.2 Å². The zero-order chi connectivity index (χ0) is 19.6. The van der Waals surface area contributed by atoms with Crippen molar-refractivity contribution in [2.24, 2.45) is 0 Å². The zero-order valence-electron chi connectivity index (χ0n) is 15.2. The number of carbonyl (C=O) groups is 1. The summed E-state index contributed by atoms with van der Waals surface area (Å²) in [6.45, 7) is 4.05. The molecule has 1 aliphatic rings. The van der Waals surface area contributed by atoms with Crippen LogP contribution in [0.25, 0.3) is 0 Å². The Morgan fingerprint density at radius 1 is 1.37 bits per heavy atom. The molecule has 2 atom stereocenters. The smallest absolute Gasteiger partial charge is 0.263 e. The minimum Gasteiger partial charge on any atom is -0.479 e. The molecule has 0 aliphatic carbocycles. The first-order valence-corrected chi connectivity index (χ1v) is 11.8. The molecular formula is C19H22ClNO4S2. The second-order valence-corrected chi connectivity index (χ2v) is 10.4. The summed E-state index contributed by atoms with van der Waals surface area (Å²) in [5.74, 6) is 0.322. The Labute approximate surface area is 168 Å². The molecule has 5 nitrogen and oxygen atoms in total. The predicted octanol–water partition coefficient (Wildman–Crippen LogP) is 3.69. The largest absolute Gasteiger partial charge is 0.479 e. The van der Waals surface area contributed by atoms with E-state index < -0.39 is 15.9 Å².